The number of aromatic hydroxyl groups is 1. The summed E-state index contributed by atoms with van der Waals surface area (Å²) in [4.78, 5) is 24.2. The summed E-state index contributed by atoms with van der Waals surface area (Å²) in [5.74, 6) is -3.46. The molecule has 1 aliphatic carbocycles. The summed E-state index contributed by atoms with van der Waals surface area (Å²) in [5, 5.41) is 60.4. The van der Waals surface area contributed by atoms with Gasteiger partial charge in [0.05, 0.1) is 30.0 Å². The predicted octanol–water partition coefficient (Wildman–Crippen LogP) is -0.125. The molecule has 0 radical (unpaired) electrons. The lowest BCUT2D eigenvalue weighted by Crippen LogP contribution is -2.61. The Morgan fingerprint density at radius 3 is 2.51 bits per heavy atom. The third-order valence-electron chi connectivity index (χ3n) is 7.03. The number of carboxylic acids is 1. The Bertz CT molecular complexity index is 1050. The Balaban J connectivity index is 1.55. The molecular formula is C25H30O12. The maximum absolute atomic E-state index is 12.5. The quantitative estimate of drug-likeness (QED) is 0.206. The molecule has 0 aromatic heterocycles. The van der Waals surface area contributed by atoms with E-state index >= 15 is 0 Å². The van der Waals surface area contributed by atoms with E-state index in [1.807, 2.05) is 0 Å². The molecule has 12 heteroatoms. The van der Waals surface area contributed by atoms with Crippen molar-refractivity contribution < 1.29 is 59.2 Å². The molecule has 202 valence electrons. The SMILES string of the molecule is CC1(O)CCC2C(C(=O)O)=COC(OC3OC(CO)C(O)C(O)C3OC(=O)/C=C/c3ccc(O)cc3)C21. The zero-order valence-electron chi connectivity index (χ0n) is 19.9. The fourth-order valence-electron chi connectivity index (χ4n) is 5.04. The Hall–Kier alpha value is -3.00. The number of carbonyl (C=O) groups excluding carboxylic acids is 1. The number of phenolic OH excluding ortho intramolecular Hbond substituents is 1. The van der Waals surface area contributed by atoms with Crippen LogP contribution in [0.2, 0.25) is 0 Å². The largest absolute Gasteiger partial charge is 0.508 e. The molecule has 12 nitrogen and oxygen atoms in total. The van der Waals surface area contributed by atoms with E-state index in [0.717, 1.165) is 12.3 Å². The van der Waals surface area contributed by atoms with Crippen molar-refractivity contribution in [3.05, 3.63) is 47.7 Å². The first-order chi connectivity index (χ1) is 17.5. The van der Waals surface area contributed by atoms with E-state index in [1.165, 1.54) is 25.1 Å². The summed E-state index contributed by atoms with van der Waals surface area (Å²) in [6, 6.07) is 5.97. The number of rotatable bonds is 7. The highest BCUT2D eigenvalue weighted by atomic mass is 16.8. The average Bonchev–Trinajstić information content (AvgIpc) is 3.18. The molecule has 3 aliphatic rings. The number of hydrogen-bond donors (Lipinski definition) is 6. The van der Waals surface area contributed by atoms with Gasteiger partial charge in [0.1, 0.15) is 24.1 Å². The van der Waals surface area contributed by atoms with Gasteiger partial charge in [0.2, 0.25) is 12.6 Å². The van der Waals surface area contributed by atoms with E-state index in [9.17, 15) is 40.2 Å². The molecule has 1 aromatic rings. The van der Waals surface area contributed by atoms with Gasteiger partial charge in [-0.15, -0.1) is 0 Å². The lowest BCUT2D eigenvalue weighted by Gasteiger charge is -2.44. The number of aliphatic hydroxyl groups excluding tert-OH is 3. The van der Waals surface area contributed by atoms with Gasteiger partial charge in [-0.25, -0.2) is 9.59 Å². The van der Waals surface area contributed by atoms with Gasteiger partial charge in [-0.2, -0.15) is 0 Å². The van der Waals surface area contributed by atoms with Gasteiger partial charge >= 0.3 is 11.9 Å². The van der Waals surface area contributed by atoms with Gasteiger partial charge in [0, 0.05) is 12.0 Å². The number of aliphatic hydroxyl groups is 4. The molecule has 0 spiro atoms. The smallest absolute Gasteiger partial charge is 0.334 e. The lowest BCUT2D eigenvalue weighted by molar-refractivity contribution is -0.346. The molecule has 1 saturated heterocycles. The molecule has 0 amide bonds. The molecule has 2 fully saturated rings. The monoisotopic (exact) mass is 522 g/mol. The summed E-state index contributed by atoms with van der Waals surface area (Å²) in [6.07, 6.45) is -4.80. The lowest BCUT2D eigenvalue weighted by atomic mass is 9.81. The van der Waals surface area contributed by atoms with Gasteiger partial charge in [-0.1, -0.05) is 12.1 Å². The van der Waals surface area contributed by atoms with Crippen LogP contribution in [0.4, 0.5) is 0 Å². The highest BCUT2D eigenvalue weighted by molar-refractivity contribution is 5.87. The molecule has 2 aliphatic heterocycles. The standard InChI is InChI=1S/C25H30O12/c1-25(33)9-8-14-15(22(31)32)11-34-23(18(14)25)37-24-21(20(30)19(29)16(10-26)35-24)36-17(28)7-4-12-2-5-13(27)6-3-12/h2-7,11,14,16,18-21,23-24,26-27,29-30,33H,8-10H2,1H3,(H,31,32)/b7-4+. The highest BCUT2D eigenvalue weighted by Crippen LogP contribution is 2.49. The second-order valence-corrected chi connectivity index (χ2v) is 9.58. The van der Waals surface area contributed by atoms with E-state index < -0.39 is 73.0 Å². The number of aliphatic carboxylic acids is 1. The van der Waals surface area contributed by atoms with Gasteiger partial charge in [-0.3, -0.25) is 0 Å². The van der Waals surface area contributed by atoms with Gasteiger partial charge < -0.3 is 49.6 Å². The van der Waals surface area contributed by atoms with E-state index in [4.69, 9.17) is 18.9 Å². The van der Waals surface area contributed by atoms with Crippen LogP contribution in [-0.2, 0) is 28.5 Å². The molecule has 2 heterocycles. The van der Waals surface area contributed by atoms with Crippen LogP contribution >= 0.6 is 0 Å². The third kappa shape index (κ3) is 5.64. The fraction of sp³-hybridized carbons (Fsp3) is 0.520. The Labute approximate surface area is 212 Å². The number of esters is 1. The van der Waals surface area contributed by atoms with Crippen molar-refractivity contribution in [1.29, 1.82) is 0 Å². The summed E-state index contributed by atoms with van der Waals surface area (Å²) in [6.45, 7) is 0.850. The number of carboxylic acid groups (broad SMARTS) is 1. The van der Waals surface area contributed by atoms with Crippen LogP contribution in [0.1, 0.15) is 25.3 Å². The normalized spacial score (nSPS) is 37.5. The number of phenols is 1. The topological polar surface area (TPSA) is 192 Å². The molecule has 37 heavy (non-hydrogen) atoms. The van der Waals surface area contributed by atoms with Crippen molar-refractivity contribution in [3.8, 4) is 5.75 Å². The van der Waals surface area contributed by atoms with E-state index in [0.29, 0.717) is 12.0 Å². The number of ether oxygens (including phenoxy) is 4. The average molecular weight is 523 g/mol. The summed E-state index contributed by atoms with van der Waals surface area (Å²) in [7, 11) is 0. The molecule has 1 aromatic carbocycles. The molecule has 9 unspecified atom stereocenters. The van der Waals surface area contributed by atoms with Gasteiger partial charge in [0.25, 0.3) is 0 Å². The minimum absolute atomic E-state index is 0.0155. The highest BCUT2D eigenvalue weighted by Gasteiger charge is 2.56. The Morgan fingerprint density at radius 2 is 1.86 bits per heavy atom. The summed E-state index contributed by atoms with van der Waals surface area (Å²) in [5.41, 5.74) is -0.792. The molecule has 4 rings (SSSR count). The van der Waals surface area contributed by atoms with Crippen molar-refractivity contribution in [3.63, 3.8) is 0 Å². The van der Waals surface area contributed by atoms with Gasteiger partial charge in [-0.05, 0) is 43.5 Å². The minimum Gasteiger partial charge on any atom is -0.508 e. The maximum Gasteiger partial charge on any atom is 0.334 e. The van der Waals surface area contributed by atoms with Crippen molar-refractivity contribution in [1.82, 2.24) is 0 Å². The minimum atomic E-state index is -1.71. The number of hydrogen-bond acceptors (Lipinski definition) is 11. The molecule has 9 atom stereocenters. The van der Waals surface area contributed by atoms with Crippen LogP contribution in [0.25, 0.3) is 6.08 Å². The van der Waals surface area contributed by atoms with Crippen LogP contribution in [0.3, 0.4) is 0 Å². The number of benzene rings is 1. The van der Waals surface area contributed by atoms with Crippen molar-refractivity contribution in [2.24, 2.45) is 11.8 Å². The van der Waals surface area contributed by atoms with Crippen molar-refractivity contribution in [2.45, 2.75) is 62.4 Å². The number of carbonyl (C=O) groups is 2. The molecule has 0 bridgehead atoms. The van der Waals surface area contributed by atoms with Crippen LogP contribution in [0.5, 0.6) is 5.75 Å². The molecule has 6 N–H and O–H groups in total. The molecule has 1 saturated carbocycles. The van der Waals surface area contributed by atoms with Crippen LogP contribution in [-0.4, -0.2) is 91.8 Å². The zero-order valence-corrected chi connectivity index (χ0v) is 19.9. The first kappa shape index (κ1) is 27.0. The number of fused-ring (bicyclic) bond motifs is 1. The van der Waals surface area contributed by atoms with Crippen molar-refractivity contribution in [2.75, 3.05) is 6.61 Å². The molecular weight excluding hydrogens is 492 g/mol. The van der Waals surface area contributed by atoms with Crippen LogP contribution in [0.15, 0.2) is 42.2 Å². The van der Waals surface area contributed by atoms with Crippen LogP contribution < -0.4 is 0 Å². The summed E-state index contributed by atoms with van der Waals surface area (Å²) < 4.78 is 22.3. The predicted molar refractivity (Wildman–Crippen MR) is 123 cm³/mol. The first-order valence-corrected chi connectivity index (χ1v) is 11.8. The fourth-order valence-corrected chi connectivity index (χ4v) is 5.04. The maximum atomic E-state index is 12.5. The van der Waals surface area contributed by atoms with E-state index in [1.54, 1.807) is 12.1 Å². The van der Waals surface area contributed by atoms with E-state index in [-0.39, 0.29) is 17.7 Å². The summed E-state index contributed by atoms with van der Waals surface area (Å²) >= 11 is 0. The second kappa shape index (κ2) is 10.8. The zero-order chi connectivity index (χ0) is 26.9. The van der Waals surface area contributed by atoms with Gasteiger partial charge in [0.15, 0.2) is 6.10 Å². The first-order valence-electron chi connectivity index (χ1n) is 11.8. The Morgan fingerprint density at radius 1 is 1.16 bits per heavy atom. The second-order valence-electron chi connectivity index (χ2n) is 9.58. The van der Waals surface area contributed by atoms with E-state index in [2.05, 4.69) is 0 Å². The van der Waals surface area contributed by atoms with Crippen LogP contribution in [0, 0.1) is 11.8 Å². The van der Waals surface area contributed by atoms with Crippen molar-refractivity contribution >= 4 is 18.0 Å². The third-order valence-corrected chi connectivity index (χ3v) is 7.03. The Kier molecular flexibility index (Phi) is 7.88.